The maximum absolute atomic E-state index is 11.8. The van der Waals surface area contributed by atoms with E-state index in [9.17, 15) is 19.8 Å². The van der Waals surface area contributed by atoms with Crippen molar-refractivity contribution < 1.29 is 43.5 Å². The summed E-state index contributed by atoms with van der Waals surface area (Å²) in [5.74, 6) is -4.39. The van der Waals surface area contributed by atoms with Crippen molar-refractivity contribution in [3.05, 3.63) is 144 Å². The monoisotopic (exact) mass is 654 g/mol. The van der Waals surface area contributed by atoms with E-state index < -0.39 is 48.4 Å². The molecule has 0 amide bonds. The first-order chi connectivity index (χ1) is 23.5. The Bertz CT molecular complexity index is 1500. The van der Waals surface area contributed by atoms with Gasteiger partial charge in [0.1, 0.15) is 24.4 Å². The molecule has 5 atom stereocenters. The van der Waals surface area contributed by atoms with Gasteiger partial charge in [0.15, 0.2) is 5.92 Å². The fraction of sp³-hybridized carbons (Fsp3) is 0.333. The van der Waals surface area contributed by atoms with E-state index in [1.165, 1.54) is 0 Å². The van der Waals surface area contributed by atoms with Crippen LogP contribution in [0.15, 0.2) is 121 Å². The highest BCUT2D eigenvalue weighted by atomic mass is 16.6. The highest BCUT2D eigenvalue weighted by molar-refractivity contribution is 5.92. The van der Waals surface area contributed by atoms with E-state index in [4.69, 9.17) is 23.7 Å². The topological polar surface area (TPSA) is 121 Å². The first-order valence-electron chi connectivity index (χ1n) is 16.2. The Labute approximate surface area is 281 Å². The van der Waals surface area contributed by atoms with Crippen LogP contribution < -0.4 is 0 Å². The van der Waals surface area contributed by atoms with E-state index in [1.54, 1.807) is 0 Å². The first-order valence-corrected chi connectivity index (χ1v) is 16.2. The molecule has 0 radical (unpaired) electrons. The minimum atomic E-state index is -1.59. The number of carbonyl (C=O) groups is 2. The standard InChI is InChI=1S/C39H42O9/c40-38(41)32(39(42)43)21-22-33-35(45-24-29-15-7-2-8-16-29)37(47-26-31-19-11-4-12-20-31)36(46-25-30-17-9-3-10-18-30)34(48-33)27-44-23-28-13-5-1-6-14-28/h1-20,32-37H,21-27H2,(H,40,41)(H,42,43)/t33-,34+,35-,36-,37+/m0/s1. The van der Waals surface area contributed by atoms with Crippen LogP contribution in [0, 0.1) is 5.92 Å². The van der Waals surface area contributed by atoms with Gasteiger partial charge in [0, 0.05) is 0 Å². The van der Waals surface area contributed by atoms with Crippen molar-refractivity contribution in [2.75, 3.05) is 6.61 Å². The van der Waals surface area contributed by atoms with Crippen molar-refractivity contribution >= 4 is 11.9 Å². The van der Waals surface area contributed by atoms with Gasteiger partial charge < -0.3 is 33.9 Å². The van der Waals surface area contributed by atoms with Gasteiger partial charge in [-0.05, 0) is 35.1 Å². The number of benzene rings is 4. The Hall–Kier alpha value is -4.38. The highest BCUT2D eigenvalue weighted by Crippen LogP contribution is 2.33. The van der Waals surface area contributed by atoms with Gasteiger partial charge in [-0.3, -0.25) is 9.59 Å². The lowest BCUT2D eigenvalue weighted by atomic mass is 9.89. The number of hydrogen-bond acceptors (Lipinski definition) is 7. The predicted octanol–water partition coefficient (Wildman–Crippen LogP) is 6.29. The second-order valence-electron chi connectivity index (χ2n) is 11.8. The normalized spacial score (nSPS) is 20.8. The molecule has 0 unspecified atom stereocenters. The molecular formula is C39H42O9. The van der Waals surface area contributed by atoms with Gasteiger partial charge in [0.25, 0.3) is 0 Å². The van der Waals surface area contributed by atoms with Crippen molar-refractivity contribution in [1.82, 2.24) is 0 Å². The molecule has 0 bridgehead atoms. The van der Waals surface area contributed by atoms with Gasteiger partial charge in [-0.25, -0.2) is 0 Å². The van der Waals surface area contributed by atoms with Crippen molar-refractivity contribution in [3.63, 3.8) is 0 Å². The largest absolute Gasteiger partial charge is 0.481 e. The van der Waals surface area contributed by atoms with Crippen molar-refractivity contribution in [1.29, 1.82) is 0 Å². The molecule has 1 aliphatic heterocycles. The van der Waals surface area contributed by atoms with Crippen LogP contribution in [-0.4, -0.2) is 59.3 Å². The lowest BCUT2D eigenvalue weighted by Gasteiger charge is -2.46. The van der Waals surface area contributed by atoms with Crippen LogP contribution >= 0.6 is 0 Å². The molecule has 1 heterocycles. The molecule has 5 rings (SSSR count). The second-order valence-corrected chi connectivity index (χ2v) is 11.8. The Kier molecular flexibility index (Phi) is 13.3. The van der Waals surface area contributed by atoms with Crippen molar-refractivity contribution in [3.8, 4) is 0 Å². The summed E-state index contributed by atoms with van der Waals surface area (Å²) in [6, 6.07) is 39.0. The quantitative estimate of drug-likeness (QED) is 0.119. The lowest BCUT2D eigenvalue weighted by molar-refractivity contribution is -0.274. The lowest BCUT2D eigenvalue weighted by Crippen LogP contribution is -2.61. The van der Waals surface area contributed by atoms with Crippen LogP contribution in [0.5, 0.6) is 0 Å². The minimum Gasteiger partial charge on any atom is -0.481 e. The van der Waals surface area contributed by atoms with Crippen LogP contribution in [-0.2, 0) is 59.7 Å². The maximum Gasteiger partial charge on any atom is 0.317 e. The van der Waals surface area contributed by atoms with Crippen LogP contribution in [0.4, 0.5) is 0 Å². The molecular weight excluding hydrogens is 612 g/mol. The average molecular weight is 655 g/mol. The van der Waals surface area contributed by atoms with E-state index in [0.29, 0.717) is 6.61 Å². The molecule has 4 aromatic rings. The highest BCUT2D eigenvalue weighted by Gasteiger charge is 2.48. The number of carboxylic acids is 2. The summed E-state index contributed by atoms with van der Waals surface area (Å²) in [5.41, 5.74) is 3.86. The van der Waals surface area contributed by atoms with E-state index >= 15 is 0 Å². The van der Waals surface area contributed by atoms with Gasteiger partial charge in [0.05, 0.1) is 39.1 Å². The Balaban J connectivity index is 1.46. The van der Waals surface area contributed by atoms with E-state index in [2.05, 4.69) is 0 Å². The molecule has 1 aliphatic rings. The SMILES string of the molecule is O=C(O)C(CC[C@@H]1O[C@H](COCc2ccccc2)[C@H](OCc2ccccc2)[C@H](OCc2ccccc2)[C@H]1OCc1ccccc1)C(=O)O. The van der Waals surface area contributed by atoms with E-state index in [-0.39, 0.29) is 39.3 Å². The van der Waals surface area contributed by atoms with Gasteiger partial charge in [-0.2, -0.15) is 0 Å². The predicted molar refractivity (Wildman–Crippen MR) is 178 cm³/mol. The summed E-state index contributed by atoms with van der Waals surface area (Å²) in [5, 5.41) is 19.3. The smallest absolute Gasteiger partial charge is 0.317 e. The van der Waals surface area contributed by atoms with Gasteiger partial charge >= 0.3 is 11.9 Å². The number of hydrogen-bond donors (Lipinski definition) is 2. The van der Waals surface area contributed by atoms with Crippen LogP contribution in [0.1, 0.15) is 35.1 Å². The van der Waals surface area contributed by atoms with E-state index in [1.807, 2.05) is 121 Å². The molecule has 0 saturated carbocycles. The van der Waals surface area contributed by atoms with Crippen LogP contribution in [0.2, 0.25) is 0 Å². The molecule has 0 spiro atoms. The molecule has 2 N–H and O–H groups in total. The fourth-order valence-corrected chi connectivity index (χ4v) is 5.80. The zero-order valence-corrected chi connectivity index (χ0v) is 26.7. The summed E-state index contributed by atoms with van der Waals surface area (Å²) >= 11 is 0. The molecule has 252 valence electrons. The summed E-state index contributed by atoms with van der Waals surface area (Å²) < 4.78 is 32.7. The molecule has 1 fully saturated rings. The zero-order chi connectivity index (χ0) is 33.6. The third kappa shape index (κ3) is 10.3. The van der Waals surface area contributed by atoms with Crippen molar-refractivity contribution in [2.45, 2.75) is 69.8 Å². The zero-order valence-electron chi connectivity index (χ0n) is 26.7. The number of ether oxygens (including phenoxy) is 5. The Morgan fingerprint density at radius 3 is 1.33 bits per heavy atom. The third-order valence-corrected chi connectivity index (χ3v) is 8.32. The summed E-state index contributed by atoms with van der Waals surface area (Å²) in [7, 11) is 0. The molecule has 9 nitrogen and oxygen atoms in total. The maximum atomic E-state index is 11.8. The second kappa shape index (κ2) is 18.2. The number of rotatable bonds is 18. The van der Waals surface area contributed by atoms with E-state index in [0.717, 1.165) is 22.3 Å². The van der Waals surface area contributed by atoms with Crippen LogP contribution in [0.25, 0.3) is 0 Å². The van der Waals surface area contributed by atoms with Crippen molar-refractivity contribution in [2.24, 2.45) is 5.92 Å². The van der Waals surface area contributed by atoms with Gasteiger partial charge in [-0.1, -0.05) is 121 Å². The summed E-state index contributed by atoms with van der Waals surface area (Å²) in [6.07, 6.45) is -3.42. The average Bonchev–Trinajstić information content (AvgIpc) is 3.11. The third-order valence-electron chi connectivity index (χ3n) is 8.32. The first kappa shape index (κ1) is 34.9. The number of aliphatic carboxylic acids is 2. The number of carboxylic acid groups (broad SMARTS) is 2. The summed E-state index contributed by atoms with van der Waals surface area (Å²) in [6.45, 7) is 1.28. The van der Waals surface area contributed by atoms with Gasteiger partial charge in [0.2, 0.25) is 0 Å². The Morgan fingerprint density at radius 2 is 0.917 bits per heavy atom. The molecule has 0 aliphatic carbocycles. The molecule has 48 heavy (non-hydrogen) atoms. The van der Waals surface area contributed by atoms with Gasteiger partial charge in [-0.15, -0.1) is 0 Å². The molecule has 1 saturated heterocycles. The summed E-state index contributed by atoms with van der Waals surface area (Å²) in [4.78, 5) is 23.6. The van der Waals surface area contributed by atoms with Crippen LogP contribution in [0.3, 0.4) is 0 Å². The molecule has 9 heteroatoms. The molecule has 4 aromatic carbocycles. The minimum absolute atomic E-state index is 0.106. The molecule has 0 aromatic heterocycles. The Morgan fingerprint density at radius 1 is 0.542 bits per heavy atom. The fourth-order valence-electron chi connectivity index (χ4n) is 5.80.